The number of pyridine rings is 1. The molecule has 0 radical (unpaired) electrons. The van der Waals surface area contributed by atoms with Gasteiger partial charge in [-0.05, 0) is 54.1 Å². The van der Waals surface area contributed by atoms with Crippen LogP contribution in [0.3, 0.4) is 0 Å². The molecule has 7 nitrogen and oxygen atoms in total. The monoisotopic (exact) mass is 419 g/mol. The summed E-state index contributed by atoms with van der Waals surface area (Å²) in [6.45, 7) is 0.461. The van der Waals surface area contributed by atoms with E-state index < -0.39 is 0 Å². The highest BCUT2D eigenvalue weighted by Crippen LogP contribution is 2.20. The van der Waals surface area contributed by atoms with Gasteiger partial charge in [-0.25, -0.2) is 0 Å². The Morgan fingerprint density at radius 3 is 2.53 bits per heavy atom. The average Bonchev–Trinajstić information content (AvgIpc) is 3.23. The number of aromatic nitrogens is 4. The van der Waals surface area contributed by atoms with E-state index in [1.54, 1.807) is 49.8 Å². The largest absolute Gasteiger partial charge is 0.497 e. The van der Waals surface area contributed by atoms with Crippen LogP contribution in [0.2, 0.25) is 5.02 Å². The highest BCUT2D eigenvalue weighted by atomic mass is 35.5. The third-order valence-electron chi connectivity index (χ3n) is 4.42. The fourth-order valence-corrected chi connectivity index (χ4v) is 2.95. The molecule has 30 heavy (non-hydrogen) atoms. The molecule has 1 N–H and O–H groups in total. The first-order valence-electron chi connectivity index (χ1n) is 9.18. The maximum Gasteiger partial charge on any atom is 0.281 e. The summed E-state index contributed by atoms with van der Waals surface area (Å²) >= 11 is 5.94. The van der Waals surface area contributed by atoms with Gasteiger partial charge < -0.3 is 10.1 Å². The molecule has 0 spiro atoms. The molecule has 0 aliphatic heterocycles. The molecular weight excluding hydrogens is 402 g/mol. The van der Waals surface area contributed by atoms with Gasteiger partial charge in [0.15, 0.2) is 5.82 Å². The van der Waals surface area contributed by atoms with E-state index in [0.717, 1.165) is 11.3 Å². The van der Waals surface area contributed by atoms with Crippen LogP contribution in [0.15, 0.2) is 73.1 Å². The number of benzene rings is 2. The second-order valence-corrected chi connectivity index (χ2v) is 6.86. The van der Waals surface area contributed by atoms with Gasteiger partial charge in [0.05, 0.1) is 7.11 Å². The minimum absolute atomic E-state index is 0.313. The lowest BCUT2D eigenvalue weighted by atomic mass is 10.2. The molecule has 2 heterocycles. The summed E-state index contributed by atoms with van der Waals surface area (Å²) < 4.78 is 6.44. The number of halogens is 1. The van der Waals surface area contributed by atoms with E-state index in [9.17, 15) is 4.79 Å². The molecule has 0 unspecified atom stereocenters. The van der Waals surface area contributed by atoms with E-state index in [1.165, 1.54) is 4.68 Å². The molecule has 2 aromatic carbocycles. The summed E-state index contributed by atoms with van der Waals surface area (Å²) in [5.74, 6) is 1.21. The Morgan fingerprint density at radius 2 is 1.87 bits per heavy atom. The Kier molecular flexibility index (Phi) is 5.72. The SMILES string of the molecule is COc1ccc(CNc2nc(-c3cccnc3)nn2C(=O)c2ccc(Cl)cc2)cc1. The van der Waals surface area contributed by atoms with E-state index >= 15 is 0 Å². The van der Waals surface area contributed by atoms with E-state index in [-0.39, 0.29) is 5.91 Å². The van der Waals surface area contributed by atoms with Crippen LogP contribution < -0.4 is 10.1 Å². The number of methoxy groups -OCH3 is 1. The molecule has 4 rings (SSSR count). The second-order valence-electron chi connectivity index (χ2n) is 6.43. The fourth-order valence-electron chi connectivity index (χ4n) is 2.82. The van der Waals surface area contributed by atoms with Crippen molar-refractivity contribution in [3.8, 4) is 17.1 Å². The first-order chi connectivity index (χ1) is 14.6. The summed E-state index contributed by atoms with van der Waals surface area (Å²) in [4.78, 5) is 21.7. The molecule has 8 heteroatoms. The number of carbonyl (C=O) groups excluding carboxylic acids is 1. The van der Waals surface area contributed by atoms with Gasteiger partial charge in [0.1, 0.15) is 5.75 Å². The number of nitrogens with zero attached hydrogens (tertiary/aromatic N) is 4. The molecule has 0 atom stereocenters. The molecule has 4 aromatic rings. The Labute approximate surface area is 178 Å². The highest BCUT2D eigenvalue weighted by Gasteiger charge is 2.19. The summed E-state index contributed by atoms with van der Waals surface area (Å²) in [6.07, 6.45) is 3.32. The Morgan fingerprint density at radius 1 is 1.10 bits per heavy atom. The highest BCUT2D eigenvalue weighted by molar-refractivity contribution is 6.30. The van der Waals surface area contributed by atoms with Crippen molar-refractivity contribution in [2.45, 2.75) is 6.54 Å². The smallest absolute Gasteiger partial charge is 0.281 e. The Bertz CT molecular complexity index is 1140. The lowest BCUT2D eigenvalue weighted by Gasteiger charge is -2.08. The third-order valence-corrected chi connectivity index (χ3v) is 4.67. The minimum Gasteiger partial charge on any atom is -0.497 e. The van der Waals surface area contributed by atoms with Crippen molar-refractivity contribution in [2.24, 2.45) is 0 Å². The van der Waals surface area contributed by atoms with Crippen LogP contribution in [0.1, 0.15) is 15.9 Å². The zero-order chi connectivity index (χ0) is 20.9. The van der Waals surface area contributed by atoms with Crippen LogP contribution in [0.4, 0.5) is 5.95 Å². The van der Waals surface area contributed by atoms with Crippen molar-refractivity contribution in [2.75, 3.05) is 12.4 Å². The molecule has 150 valence electrons. The maximum atomic E-state index is 13.1. The Balaban J connectivity index is 1.65. The summed E-state index contributed by atoms with van der Waals surface area (Å²) in [7, 11) is 1.62. The van der Waals surface area contributed by atoms with Crippen LogP contribution in [0.25, 0.3) is 11.4 Å². The van der Waals surface area contributed by atoms with Gasteiger partial charge in [0.25, 0.3) is 5.91 Å². The third kappa shape index (κ3) is 4.31. The normalized spacial score (nSPS) is 10.6. The van der Waals surface area contributed by atoms with Crippen molar-refractivity contribution < 1.29 is 9.53 Å². The number of hydrogen-bond donors (Lipinski definition) is 1. The van der Waals surface area contributed by atoms with Gasteiger partial charge in [-0.2, -0.15) is 9.67 Å². The number of anilines is 1. The average molecular weight is 420 g/mol. The van der Waals surface area contributed by atoms with Crippen LogP contribution in [0.5, 0.6) is 5.75 Å². The first-order valence-corrected chi connectivity index (χ1v) is 9.56. The molecular formula is C22H18ClN5O2. The predicted molar refractivity (Wildman–Crippen MR) is 115 cm³/mol. The lowest BCUT2D eigenvalue weighted by molar-refractivity contribution is 0.0947. The zero-order valence-electron chi connectivity index (χ0n) is 16.1. The molecule has 0 fully saturated rings. The van der Waals surface area contributed by atoms with E-state index in [1.807, 2.05) is 30.3 Å². The quantitative estimate of drug-likeness (QED) is 0.501. The van der Waals surface area contributed by atoms with Gasteiger partial charge in [0.2, 0.25) is 5.95 Å². The molecule has 0 saturated heterocycles. The first kappa shape index (κ1) is 19.6. The minimum atomic E-state index is -0.313. The number of hydrogen-bond acceptors (Lipinski definition) is 6. The molecule has 2 aromatic heterocycles. The van der Waals surface area contributed by atoms with Crippen LogP contribution >= 0.6 is 11.6 Å². The van der Waals surface area contributed by atoms with E-state index in [4.69, 9.17) is 16.3 Å². The van der Waals surface area contributed by atoms with Crippen molar-refractivity contribution in [1.82, 2.24) is 19.7 Å². The van der Waals surface area contributed by atoms with E-state index in [0.29, 0.717) is 34.5 Å². The van der Waals surface area contributed by atoms with Gasteiger partial charge >= 0.3 is 0 Å². The lowest BCUT2D eigenvalue weighted by Crippen LogP contribution is -2.17. The topological polar surface area (TPSA) is 81.9 Å². The molecule has 0 bridgehead atoms. The van der Waals surface area contributed by atoms with Gasteiger partial charge in [-0.15, -0.1) is 5.10 Å². The standard InChI is InChI=1S/C22H18ClN5O2/c1-30-19-10-4-15(5-11-19)13-25-22-26-20(17-3-2-12-24-14-17)27-28(22)21(29)16-6-8-18(23)9-7-16/h2-12,14H,13H2,1H3,(H,25,26,27). The Hall–Kier alpha value is -3.71. The number of carbonyl (C=O) groups is 1. The van der Waals surface area contributed by atoms with Gasteiger partial charge in [-0.3, -0.25) is 9.78 Å². The molecule has 0 aliphatic rings. The number of nitrogens with one attached hydrogen (secondary N) is 1. The second kappa shape index (κ2) is 8.75. The molecule has 0 saturated carbocycles. The van der Waals surface area contributed by atoms with Gasteiger partial charge in [0, 0.05) is 35.1 Å². The summed E-state index contributed by atoms with van der Waals surface area (Å²) in [6, 6.07) is 17.9. The van der Waals surface area contributed by atoms with Crippen molar-refractivity contribution in [3.05, 3.63) is 89.2 Å². The summed E-state index contributed by atoms with van der Waals surface area (Å²) in [5.41, 5.74) is 2.18. The predicted octanol–water partition coefficient (Wildman–Crippen LogP) is 4.30. The van der Waals surface area contributed by atoms with Gasteiger partial charge in [-0.1, -0.05) is 23.7 Å². The molecule has 0 amide bonds. The summed E-state index contributed by atoms with van der Waals surface area (Å²) in [5, 5.41) is 8.17. The zero-order valence-corrected chi connectivity index (χ0v) is 16.9. The van der Waals surface area contributed by atoms with E-state index in [2.05, 4.69) is 20.4 Å². The van der Waals surface area contributed by atoms with Crippen molar-refractivity contribution in [1.29, 1.82) is 0 Å². The van der Waals surface area contributed by atoms with Crippen molar-refractivity contribution in [3.63, 3.8) is 0 Å². The fraction of sp³-hybridized carbons (Fsp3) is 0.0909. The van der Waals surface area contributed by atoms with Crippen molar-refractivity contribution >= 4 is 23.5 Å². The number of rotatable bonds is 6. The maximum absolute atomic E-state index is 13.1. The van der Waals surface area contributed by atoms with Crippen LogP contribution in [-0.2, 0) is 6.54 Å². The van der Waals surface area contributed by atoms with Crippen LogP contribution in [0, 0.1) is 0 Å². The van der Waals surface area contributed by atoms with Crippen LogP contribution in [-0.4, -0.2) is 32.8 Å². The number of ether oxygens (including phenoxy) is 1. The molecule has 0 aliphatic carbocycles.